The zero-order chi connectivity index (χ0) is 22.1. The van der Waals surface area contributed by atoms with E-state index in [2.05, 4.69) is 5.32 Å². The molecule has 1 aromatic rings. The predicted octanol–water partition coefficient (Wildman–Crippen LogP) is 2.20. The SMILES string of the molecule is CCCNC(=O)CN1C(=O)S/C(=C\c2ccc(OCC(=O)OCC)c(OC)c2)C1=O. The Morgan fingerprint density at radius 1 is 1.20 bits per heavy atom. The maximum Gasteiger partial charge on any atom is 0.344 e. The van der Waals surface area contributed by atoms with Gasteiger partial charge in [0.25, 0.3) is 11.1 Å². The monoisotopic (exact) mass is 436 g/mol. The van der Waals surface area contributed by atoms with Crippen molar-refractivity contribution in [1.82, 2.24) is 10.2 Å². The van der Waals surface area contributed by atoms with Crippen LogP contribution in [0.4, 0.5) is 4.79 Å². The van der Waals surface area contributed by atoms with Gasteiger partial charge >= 0.3 is 5.97 Å². The molecule has 0 aliphatic carbocycles. The van der Waals surface area contributed by atoms with Gasteiger partial charge in [-0.2, -0.15) is 0 Å². The third kappa shape index (κ3) is 6.24. The molecule has 0 bridgehead atoms. The van der Waals surface area contributed by atoms with Gasteiger partial charge in [-0.25, -0.2) is 4.79 Å². The Kier molecular flexibility index (Phi) is 8.72. The van der Waals surface area contributed by atoms with E-state index in [4.69, 9.17) is 14.2 Å². The van der Waals surface area contributed by atoms with Gasteiger partial charge < -0.3 is 19.5 Å². The van der Waals surface area contributed by atoms with Crippen LogP contribution in [0, 0.1) is 0 Å². The molecule has 0 unspecified atom stereocenters. The molecule has 1 heterocycles. The van der Waals surface area contributed by atoms with Gasteiger partial charge in [-0.3, -0.25) is 19.3 Å². The first-order valence-electron chi connectivity index (χ1n) is 9.38. The number of ether oxygens (including phenoxy) is 3. The Balaban J connectivity index is 2.10. The summed E-state index contributed by atoms with van der Waals surface area (Å²) in [6.07, 6.45) is 2.29. The summed E-state index contributed by atoms with van der Waals surface area (Å²) in [4.78, 5) is 49.0. The molecule has 1 aliphatic rings. The van der Waals surface area contributed by atoms with E-state index in [1.165, 1.54) is 13.2 Å². The molecule has 1 aromatic carbocycles. The number of rotatable bonds is 10. The minimum absolute atomic E-state index is 0.200. The second-order valence-corrected chi connectivity index (χ2v) is 7.11. The van der Waals surface area contributed by atoms with Crippen LogP contribution in [-0.2, 0) is 19.1 Å². The van der Waals surface area contributed by atoms with Crippen LogP contribution in [0.5, 0.6) is 11.5 Å². The second kappa shape index (κ2) is 11.2. The van der Waals surface area contributed by atoms with Crippen LogP contribution in [0.25, 0.3) is 6.08 Å². The molecule has 2 rings (SSSR count). The number of hydrogen-bond donors (Lipinski definition) is 1. The number of carbonyl (C=O) groups is 4. The summed E-state index contributed by atoms with van der Waals surface area (Å²) in [5.74, 6) is -0.724. The maximum absolute atomic E-state index is 12.5. The highest BCUT2D eigenvalue weighted by Gasteiger charge is 2.36. The van der Waals surface area contributed by atoms with E-state index in [1.54, 1.807) is 25.1 Å². The molecule has 0 radical (unpaired) electrons. The zero-order valence-corrected chi connectivity index (χ0v) is 17.9. The Labute approximate surface area is 178 Å². The lowest BCUT2D eigenvalue weighted by molar-refractivity contribution is -0.145. The van der Waals surface area contributed by atoms with Crippen LogP contribution in [0.2, 0.25) is 0 Å². The highest BCUT2D eigenvalue weighted by Crippen LogP contribution is 2.34. The number of esters is 1. The normalized spacial score (nSPS) is 14.8. The number of nitrogens with one attached hydrogen (secondary N) is 1. The first-order valence-corrected chi connectivity index (χ1v) is 10.2. The van der Waals surface area contributed by atoms with Crippen molar-refractivity contribution in [3.63, 3.8) is 0 Å². The molecule has 30 heavy (non-hydrogen) atoms. The molecule has 0 atom stereocenters. The highest BCUT2D eigenvalue weighted by atomic mass is 32.2. The molecule has 0 aromatic heterocycles. The van der Waals surface area contributed by atoms with Crippen molar-refractivity contribution in [2.24, 2.45) is 0 Å². The van der Waals surface area contributed by atoms with Crippen molar-refractivity contribution >= 4 is 40.9 Å². The number of hydrogen-bond acceptors (Lipinski definition) is 8. The molecule has 1 N–H and O–H groups in total. The van der Waals surface area contributed by atoms with E-state index in [9.17, 15) is 19.2 Å². The third-order valence-electron chi connectivity index (χ3n) is 3.88. The van der Waals surface area contributed by atoms with E-state index in [0.29, 0.717) is 23.6 Å². The highest BCUT2D eigenvalue weighted by molar-refractivity contribution is 8.18. The molecule has 0 spiro atoms. The largest absolute Gasteiger partial charge is 0.493 e. The first kappa shape index (κ1) is 23.3. The summed E-state index contributed by atoms with van der Waals surface area (Å²) in [5.41, 5.74) is 0.594. The van der Waals surface area contributed by atoms with Gasteiger partial charge in [0.05, 0.1) is 18.6 Å². The molecular weight excluding hydrogens is 412 g/mol. The van der Waals surface area contributed by atoms with Gasteiger partial charge in [-0.1, -0.05) is 13.0 Å². The number of carbonyl (C=O) groups excluding carboxylic acids is 4. The lowest BCUT2D eigenvalue weighted by Gasteiger charge is -2.12. The van der Waals surface area contributed by atoms with Crippen LogP contribution in [0.15, 0.2) is 23.1 Å². The second-order valence-electron chi connectivity index (χ2n) is 6.12. The Bertz CT molecular complexity index is 854. The minimum atomic E-state index is -0.529. The fraction of sp³-hybridized carbons (Fsp3) is 0.400. The predicted molar refractivity (Wildman–Crippen MR) is 111 cm³/mol. The molecule has 10 heteroatoms. The van der Waals surface area contributed by atoms with Gasteiger partial charge in [-0.15, -0.1) is 0 Å². The number of methoxy groups -OCH3 is 1. The van der Waals surface area contributed by atoms with Gasteiger partial charge in [0.15, 0.2) is 18.1 Å². The molecule has 1 fully saturated rings. The van der Waals surface area contributed by atoms with Crippen LogP contribution in [0.3, 0.4) is 0 Å². The van der Waals surface area contributed by atoms with Gasteiger partial charge in [0, 0.05) is 6.54 Å². The molecule has 9 nitrogen and oxygen atoms in total. The number of imide groups is 1. The van der Waals surface area contributed by atoms with Crippen molar-refractivity contribution in [2.75, 3.05) is 33.4 Å². The Morgan fingerprint density at radius 3 is 2.63 bits per heavy atom. The van der Waals surface area contributed by atoms with E-state index >= 15 is 0 Å². The molecule has 3 amide bonds. The molecular formula is C20H24N2O7S. The maximum atomic E-state index is 12.5. The first-order chi connectivity index (χ1) is 14.4. The Morgan fingerprint density at radius 2 is 1.97 bits per heavy atom. The van der Waals surface area contributed by atoms with E-state index in [0.717, 1.165) is 23.1 Å². The van der Waals surface area contributed by atoms with E-state index in [-0.39, 0.29) is 30.6 Å². The minimum Gasteiger partial charge on any atom is -0.493 e. The van der Waals surface area contributed by atoms with Gasteiger partial charge in [0.1, 0.15) is 6.54 Å². The van der Waals surface area contributed by atoms with Gasteiger partial charge in [0.2, 0.25) is 5.91 Å². The van der Waals surface area contributed by atoms with Crippen molar-refractivity contribution in [3.8, 4) is 11.5 Å². The van der Waals surface area contributed by atoms with Crippen LogP contribution in [-0.4, -0.2) is 61.3 Å². The van der Waals surface area contributed by atoms with Crippen molar-refractivity contribution in [3.05, 3.63) is 28.7 Å². The lowest BCUT2D eigenvalue weighted by Crippen LogP contribution is -2.39. The quantitative estimate of drug-likeness (QED) is 0.439. The van der Waals surface area contributed by atoms with Crippen LogP contribution in [0.1, 0.15) is 25.8 Å². The van der Waals surface area contributed by atoms with Crippen LogP contribution >= 0.6 is 11.8 Å². The lowest BCUT2D eigenvalue weighted by atomic mass is 10.2. The summed E-state index contributed by atoms with van der Waals surface area (Å²) in [7, 11) is 1.44. The molecule has 162 valence electrons. The molecule has 1 saturated heterocycles. The molecule has 0 saturated carbocycles. The van der Waals surface area contributed by atoms with E-state index in [1.807, 2.05) is 6.92 Å². The number of amides is 3. The van der Waals surface area contributed by atoms with Gasteiger partial charge in [-0.05, 0) is 48.9 Å². The number of benzene rings is 1. The fourth-order valence-electron chi connectivity index (χ4n) is 2.48. The standard InChI is InChI=1S/C20H24N2O7S/c1-4-8-21-17(23)11-22-19(25)16(30-20(22)26)10-13-6-7-14(15(9-13)27-3)29-12-18(24)28-5-2/h6-7,9-10H,4-5,8,11-12H2,1-3H3,(H,21,23)/b16-10-. The number of nitrogens with zero attached hydrogens (tertiary/aromatic N) is 1. The summed E-state index contributed by atoms with van der Waals surface area (Å²) in [5, 5.41) is 2.14. The smallest absolute Gasteiger partial charge is 0.344 e. The van der Waals surface area contributed by atoms with Crippen molar-refractivity contribution in [2.45, 2.75) is 20.3 Å². The molecule has 1 aliphatic heterocycles. The number of thioether (sulfide) groups is 1. The summed E-state index contributed by atoms with van der Waals surface area (Å²) >= 11 is 0.765. The average Bonchev–Trinajstić information content (AvgIpc) is 2.98. The summed E-state index contributed by atoms with van der Waals surface area (Å²) in [6.45, 7) is 3.77. The topological polar surface area (TPSA) is 111 Å². The van der Waals surface area contributed by atoms with Crippen LogP contribution < -0.4 is 14.8 Å². The average molecular weight is 436 g/mol. The fourth-order valence-corrected chi connectivity index (χ4v) is 3.32. The van der Waals surface area contributed by atoms with Crippen molar-refractivity contribution < 1.29 is 33.4 Å². The summed E-state index contributed by atoms with van der Waals surface area (Å²) in [6, 6.07) is 4.86. The third-order valence-corrected chi connectivity index (χ3v) is 4.79. The van der Waals surface area contributed by atoms with E-state index < -0.39 is 17.1 Å². The Hall–Kier alpha value is -3.01. The summed E-state index contributed by atoms with van der Waals surface area (Å²) < 4.78 is 15.5. The zero-order valence-electron chi connectivity index (χ0n) is 17.1. The van der Waals surface area contributed by atoms with Crippen molar-refractivity contribution in [1.29, 1.82) is 0 Å².